The molecule has 0 atom stereocenters. The second-order valence-corrected chi connectivity index (χ2v) is 7.97. The van der Waals surface area contributed by atoms with Gasteiger partial charge in [0.2, 0.25) is 5.16 Å². The second kappa shape index (κ2) is 10.7. The smallest absolute Gasteiger partial charge is 0.212 e. The number of hydrogen-bond donors (Lipinski definition) is 0. The number of aromatic nitrogens is 3. The minimum atomic E-state index is 0.555. The van der Waals surface area contributed by atoms with Crippen LogP contribution in [-0.2, 0) is 5.75 Å². The van der Waals surface area contributed by atoms with E-state index >= 15 is 0 Å². The third-order valence-corrected chi connectivity index (χ3v) is 5.58. The molecular formula is C21H22Cl2N4O2S. The van der Waals surface area contributed by atoms with Gasteiger partial charge in [-0.05, 0) is 62.2 Å². The molecule has 1 aromatic heterocycles. The van der Waals surface area contributed by atoms with E-state index in [-0.39, 0.29) is 0 Å². The van der Waals surface area contributed by atoms with Crippen molar-refractivity contribution in [2.24, 2.45) is 5.10 Å². The van der Waals surface area contributed by atoms with Gasteiger partial charge in [-0.25, -0.2) is 0 Å². The van der Waals surface area contributed by atoms with Crippen molar-refractivity contribution in [1.29, 1.82) is 0 Å². The molecule has 6 nitrogen and oxygen atoms in total. The molecule has 158 valence electrons. The lowest BCUT2D eigenvalue weighted by molar-refractivity contribution is 0.288. The van der Waals surface area contributed by atoms with Gasteiger partial charge < -0.3 is 9.47 Å². The molecule has 0 saturated heterocycles. The summed E-state index contributed by atoms with van der Waals surface area (Å²) in [5.74, 6) is 2.72. The van der Waals surface area contributed by atoms with Crippen LogP contribution >= 0.6 is 35.0 Å². The molecular weight excluding hydrogens is 443 g/mol. The molecule has 1 heterocycles. The van der Waals surface area contributed by atoms with Crippen molar-refractivity contribution in [3.8, 4) is 11.5 Å². The van der Waals surface area contributed by atoms with Crippen LogP contribution in [0.3, 0.4) is 0 Å². The average molecular weight is 465 g/mol. The first kappa shape index (κ1) is 22.5. The number of nitrogens with zero attached hydrogens (tertiary/aromatic N) is 4. The first-order chi connectivity index (χ1) is 14.5. The highest BCUT2D eigenvalue weighted by Crippen LogP contribution is 2.29. The molecule has 2 aromatic carbocycles. The Bertz CT molecular complexity index is 1040. The van der Waals surface area contributed by atoms with E-state index < -0.39 is 0 Å². The Morgan fingerprint density at radius 3 is 2.53 bits per heavy atom. The van der Waals surface area contributed by atoms with Crippen molar-refractivity contribution >= 4 is 41.2 Å². The molecule has 0 bridgehead atoms. The molecule has 9 heteroatoms. The summed E-state index contributed by atoms with van der Waals surface area (Å²) >= 11 is 13.7. The normalized spacial score (nSPS) is 11.2. The average Bonchev–Trinajstić information content (AvgIpc) is 3.07. The van der Waals surface area contributed by atoms with E-state index in [0.29, 0.717) is 51.5 Å². The van der Waals surface area contributed by atoms with E-state index in [1.807, 2.05) is 51.1 Å². The predicted molar refractivity (Wildman–Crippen MR) is 123 cm³/mol. The van der Waals surface area contributed by atoms with Gasteiger partial charge in [0, 0.05) is 15.8 Å². The van der Waals surface area contributed by atoms with Crippen LogP contribution < -0.4 is 9.47 Å². The minimum absolute atomic E-state index is 0.555. The Kier molecular flexibility index (Phi) is 8.01. The zero-order valence-electron chi connectivity index (χ0n) is 16.9. The van der Waals surface area contributed by atoms with Crippen LogP contribution in [0.5, 0.6) is 11.5 Å². The molecule has 0 aliphatic rings. The summed E-state index contributed by atoms with van der Waals surface area (Å²) in [6.45, 7) is 6.86. The first-order valence-electron chi connectivity index (χ1n) is 9.44. The van der Waals surface area contributed by atoms with E-state index in [4.69, 9.17) is 32.7 Å². The summed E-state index contributed by atoms with van der Waals surface area (Å²) < 4.78 is 13.0. The molecule has 30 heavy (non-hydrogen) atoms. The SMILES string of the molecule is CCOc1ccc(/C=N/n2c(C)nnc2SCc2ccc(Cl)cc2Cl)cc1OCC. The van der Waals surface area contributed by atoms with E-state index in [9.17, 15) is 0 Å². The number of halogens is 2. The molecule has 3 aromatic rings. The molecule has 0 fully saturated rings. The van der Waals surface area contributed by atoms with Crippen LogP contribution in [0, 0.1) is 6.92 Å². The lowest BCUT2D eigenvalue weighted by atomic mass is 10.2. The van der Waals surface area contributed by atoms with Crippen molar-refractivity contribution in [1.82, 2.24) is 14.9 Å². The molecule has 0 unspecified atom stereocenters. The molecule has 0 radical (unpaired) electrons. The maximum atomic E-state index is 6.27. The Hall–Kier alpha value is -2.22. The first-order valence-corrected chi connectivity index (χ1v) is 11.2. The maximum Gasteiger partial charge on any atom is 0.212 e. The van der Waals surface area contributed by atoms with E-state index in [1.54, 1.807) is 17.0 Å². The summed E-state index contributed by atoms with van der Waals surface area (Å²) in [7, 11) is 0. The van der Waals surface area contributed by atoms with Crippen LogP contribution in [0.25, 0.3) is 0 Å². The minimum Gasteiger partial charge on any atom is -0.490 e. The Morgan fingerprint density at radius 2 is 1.80 bits per heavy atom. The standard InChI is InChI=1S/C21H22Cl2N4O2S/c1-4-28-19-9-6-15(10-20(19)29-5-2)12-24-27-14(3)25-26-21(27)30-13-16-7-8-17(22)11-18(16)23/h6-12H,4-5,13H2,1-3H3/b24-12+. The van der Waals surface area contributed by atoms with Gasteiger partial charge in [-0.2, -0.15) is 9.78 Å². The number of aryl methyl sites for hydroxylation is 1. The van der Waals surface area contributed by atoms with Gasteiger partial charge in [0.25, 0.3) is 0 Å². The van der Waals surface area contributed by atoms with E-state index in [2.05, 4.69) is 15.3 Å². The molecule has 0 spiro atoms. The third kappa shape index (κ3) is 5.68. The van der Waals surface area contributed by atoms with Gasteiger partial charge >= 0.3 is 0 Å². The highest BCUT2D eigenvalue weighted by Gasteiger charge is 2.11. The Labute approximate surface area is 190 Å². The molecule has 0 amide bonds. The Balaban J connectivity index is 1.77. The van der Waals surface area contributed by atoms with Crippen LogP contribution in [0.4, 0.5) is 0 Å². The highest BCUT2D eigenvalue weighted by atomic mass is 35.5. The largest absolute Gasteiger partial charge is 0.490 e. The van der Waals surface area contributed by atoms with Gasteiger partial charge in [-0.15, -0.1) is 10.2 Å². The van der Waals surface area contributed by atoms with Crippen LogP contribution in [-0.4, -0.2) is 34.3 Å². The number of rotatable bonds is 9. The molecule has 0 N–H and O–H groups in total. The summed E-state index contributed by atoms with van der Waals surface area (Å²) in [6.07, 6.45) is 1.74. The summed E-state index contributed by atoms with van der Waals surface area (Å²) in [5, 5.41) is 14.8. The van der Waals surface area contributed by atoms with Gasteiger partial charge in [-0.1, -0.05) is 41.0 Å². The molecule has 0 aliphatic carbocycles. The van der Waals surface area contributed by atoms with E-state index in [1.165, 1.54) is 11.8 Å². The fourth-order valence-corrected chi connectivity index (χ4v) is 4.11. The quantitative estimate of drug-likeness (QED) is 0.292. The zero-order chi connectivity index (χ0) is 21.5. The fraction of sp³-hybridized carbons (Fsp3) is 0.286. The third-order valence-electron chi connectivity index (χ3n) is 4.03. The van der Waals surface area contributed by atoms with E-state index in [0.717, 1.165) is 11.1 Å². The monoisotopic (exact) mass is 464 g/mol. The number of hydrogen-bond acceptors (Lipinski definition) is 6. The number of benzene rings is 2. The van der Waals surface area contributed by atoms with Crippen LogP contribution in [0.15, 0.2) is 46.7 Å². The lowest BCUT2D eigenvalue weighted by Gasteiger charge is -2.11. The topological polar surface area (TPSA) is 61.5 Å². The Morgan fingerprint density at radius 1 is 1.03 bits per heavy atom. The fourth-order valence-electron chi connectivity index (χ4n) is 2.61. The molecule has 0 aliphatic heterocycles. The second-order valence-electron chi connectivity index (χ2n) is 6.18. The van der Waals surface area contributed by atoms with Crippen molar-refractivity contribution in [2.45, 2.75) is 31.7 Å². The predicted octanol–water partition coefficient (Wildman–Crippen LogP) is 5.87. The molecule has 3 rings (SSSR count). The van der Waals surface area contributed by atoms with Crippen molar-refractivity contribution in [3.63, 3.8) is 0 Å². The lowest BCUT2D eigenvalue weighted by Crippen LogP contribution is -2.00. The molecule has 0 saturated carbocycles. The summed E-state index contributed by atoms with van der Waals surface area (Å²) in [4.78, 5) is 0. The maximum absolute atomic E-state index is 6.27. The van der Waals surface area contributed by atoms with Crippen molar-refractivity contribution in [2.75, 3.05) is 13.2 Å². The summed E-state index contributed by atoms with van der Waals surface area (Å²) in [6, 6.07) is 11.2. The zero-order valence-corrected chi connectivity index (χ0v) is 19.3. The van der Waals surface area contributed by atoms with Crippen molar-refractivity contribution in [3.05, 3.63) is 63.4 Å². The number of ether oxygens (including phenoxy) is 2. The summed E-state index contributed by atoms with van der Waals surface area (Å²) in [5.41, 5.74) is 1.85. The van der Waals surface area contributed by atoms with Crippen LogP contribution in [0.2, 0.25) is 10.0 Å². The van der Waals surface area contributed by atoms with Crippen molar-refractivity contribution < 1.29 is 9.47 Å². The number of thioether (sulfide) groups is 1. The van der Waals surface area contributed by atoms with Gasteiger partial charge in [-0.3, -0.25) is 0 Å². The van der Waals surface area contributed by atoms with Crippen LogP contribution in [0.1, 0.15) is 30.8 Å². The van der Waals surface area contributed by atoms with Gasteiger partial charge in [0.15, 0.2) is 17.3 Å². The highest BCUT2D eigenvalue weighted by molar-refractivity contribution is 7.98. The van der Waals surface area contributed by atoms with Gasteiger partial charge in [0.1, 0.15) is 0 Å². The van der Waals surface area contributed by atoms with Gasteiger partial charge in [0.05, 0.1) is 19.4 Å².